The Morgan fingerprint density at radius 3 is 1.50 bits per heavy atom. The molecule has 0 saturated carbocycles. The first-order valence-electron chi connectivity index (χ1n) is 8.30. The zero-order valence-corrected chi connectivity index (χ0v) is 16.6. The van der Waals surface area contributed by atoms with E-state index in [1.807, 2.05) is 26.0 Å². The van der Waals surface area contributed by atoms with Crippen molar-refractivity contribution in [3.05, 3.63) is 81.1 Å². The third-order valence-corrected chi connectivity index (χ3v) is 4.59. The molecule has 0 aliphatic heterocycles. The first kappa shape index (κ1) is 19.8. The van der Waals surface area contributed by atoms with Crippen molar-refractivity contribution in [1.82, 2.24) is 9.97 Å². The summed E-state index contributed by atoms with van der Waals surface area (Å²) in [4.78, 5) is 33.7. The summed E-state index contributed by atoms with van der Waals surface area (Å²) in [5.41, 5.74) is 2.01. The number of halogens is 2. The molecule has 2 aromatic heterocycles. The Morgan fingerprint density at radius 2 is 1.14 bits per heavy atom. The molecular formula is C20H16Cl2N4O2. The van der Waals surface area contributed by atoms with E-state index in [2.05, 4.69) is 20.6 Å². The second kappa shape index (κ2) is 8.37. The second-order valence-corrected chi connectivity index (χ2v) is 6.97. The fraction of sp³-hybridized carbons (Fsp3) is 0.100. The molecule has 8 heteroatoms. The van der Waals surface area contributed by atoms with E-state index in [0.29, 0.717) is 11.6 Å². The largest absolute Gasteiger partial charge is 0.307 e. The number of pyridine rings is 2. The summed E-state index contributed by atoms with van der Waals surface area (Å²) in [5.74, 6) is -0.330. The van der Waals surface area contributed by atoms with Crippen molar-refractivity contribution < 1.29 is 9.59 Å². The molecule has 0 saturated heterocycles. The predicted molar refractivity (Wildman–Crippen MR) is 110 cm³/mol. The Balaban J connectivity index is 1.93. The van der Waals surface area contributed by atoms with Gasteiger partial charge in [-0.1, -0.05) is 23.2 Å². The molecule has 3 rings (SSSR count). The van der Waals surface area contributed by atoms with E-state index in [1.54, 1.807) is 24.5 Å². The van der Waals surface area contributed by atoms with Crippen molar-refractivity contribution in [2.24, 2.45) is 0 Å². The summed E-state index contributed by atoms with van der Waals surface area (Å²) in [7, 11) is 0. The van der Waals surface area contributed by atoms with E-state index in [9.17, 15) is 9.59 Å². The highest BCUT2D eigenvalue weighted by atomic mass is 35.5. The third kappa shape index (κ3) is 4.65. The monoisotopic (exact) mass is 414 g/mol. The summed E-state index contributed by atoms with van der Waals surface area (Å²) >= 11 is 12.1. The van der Waals surface area contributed by atoms with Gasteiger partial charge in [0, 0.05) is 12.4 Å². The van der Waals surface area contributed by atoms with Gasteiger partial charge in [-0.3, -0.25) is 9.59 Å². The molecule has 0 radical (unpaired) electrons. The zero-order chi connectivity index (χ0) is 20.3. The molecular weight excluding hydrogens is 399 g/mol. The van der Waals surface area contributed by atoms with Crippen LogP contribution in [0.4, 0.5) is 11.6 Å². The zero-order valence-electron chi connectivity index (χ0n) is 15.1. The van der Waals surface area contributed by atoms with Gasteiger partial charge in [-0.15, -0.1) is 0 Å². The molecule has 0 atom stereocenters. The number of hydrogen-bond acceptors (Lipinski definition) is 4. The minimum absolute atomic E-state index is 0.0721. The first-order chi connectivity index (χ1) is 13.3. The van der Waals surface area contributed by atoms with E-state index in [0.717, 1.165) is 11.1 Å². The third-order valence-electron chi connectivity index (χ3n) is 3.86. The topological polar surface area (TPSA) is 84.0 Å². The Morgan fingerprint density at radius 1 is 0.750 bits per heavy atom. The van der Waals surface area contributed by atoms with E-state index in [4.69, 9.17) is 23.2 Å². The van der Waals surface area contributed by atoms with Gasteiger partial charge in [0.25, 0.3) is 11.8 Å². The Hall–Kier alpha value is -2.96. The predicted octanol–water partition coefficient (Wildman–Crippen LogP) is 4.90. The number of anilines is 2. The van der Waals surface area contributed by atoms with Gasteiger partial charge in [0.1, 0.15) is 11.6 Å². The number of carbonyl (C=O) groups excluding carboxylic acids is 2. The molecule has 1 aromatic carbocycles. The molecule has 0 aliphatic carbocycles. The van der Waals surface area contributed by atoms with Gasteiger partial charge in [-0.05, 0) is 61.4 Å². The van der Waals surface area contributed by atoms with Gasteiger partial charge in [0.2, 0.25) is 0 Å². The number of rotatable bonds is 4. The lowest BCUT2D eigenvalue weighted by Gasteiger charge is -2.12. The standard InChI is InChI=1S/C20H16Cl2N4O2/c1-11-3-5-23-17(7-11)25-19(27)13-9-15(21)16(22)10-14(13)20(28)26-18-8-12(2)4-6-24-18/h3-10H,1-2H3,(H,23,25,27)(H,24,26,28). The Bertz CT molecular complexity index is 985. The van der Waals surface area contributed by atoms with Crippen molar-refractivity contribution in [3.63, 3.8) is 0 Å². The minimum Gasteiger partial charge on any atom is -0.307 e. The number of aryl methyl sites for hydroxylation is 2. The molecule has 2 N–H and O–H groups in total. The van der Waals surface area contributed by atoms with Crippen LogP contribution in [-0.2, 0) is 0 Å². The van der Waals surface area contributed by atoms with Crippen LogP contribution in [0.3, 0.4) is 0 Å². The van der Waals surface area contributed by atoms with E-state index in [-0.39, 0.29) is 21.2 Å². The second-order valence-electron chi connectivity index (χ2n) is 6.16. The smallest absolute Gasteiger partial charge is 0.257 e. The van der Waals surface area contributed by atoms with Gasteiger partial charge in [-0.2, -0.15) is 0 Å². The molecule has 0 unspecified atom stereocenters. The molecule has 0 fully saturated rings. The quantitative estimate of drug-likeness (QED) is 0.635. The van der Waals surface area contributed by atoms with Crippen LogP contribution in [0.5, 0.6) is 0 Å². The maximum Gasteiger partial charge on any atom is 0.257 e. The molecule has 3 aromatic rings. The molecule has 0 spiro atoms. The average molecular weight is 415 g/mol. The maximum absolute atomic E-state index is 12.8. The molecule has 0 aliphatic rings. The van der Waals surface area contributed by atoms with Crippen LogP contribution in [0.2, 0.25) is 10.0 Å². The molecule has 28 heavy (non-hydrogen) atoms. The molecule has 6 nitrogen and oxygen atoms in total. The van der Waals surface area contributed by atoms with Gasteiger partial charge in [0.05, 0.1) is 21.2 Å². The lowest BCUT2D eigenvalue weighted by atomic mass is 10.1. The van der Waals surface area contributed by atoms with Crippen LogP contribution in [-0.4, -0.2) is 21.8 Å². The maximum atomic E-state index is 12.8. The SMILES string of the molecule is Cc1ccnc(NC(=O)c2cc(Cl)c(Cl)cc2C(=O)Nc2cc(C)ccn2)c1. The molecule has 142 valence electrons. The van der Waals surface area contributed by atoms with Crippen LogP contribution in [0.1, 0.15) is 31.8 Å². The van der Waals surface area contributed by atoms with Gasteiger partial charge in [-0.25, -0.2) is 9.97 Å². The van der Waals surface area contributed by atoms with E-state index >= 15 is 0 Å². The van der Waals surface area contributed by atoms with Gasteiger partial charge >= 0.3 is 0 Å². The summed E-state index contributed by atoms with van der Waals surface area (Å²) in [5, 5.41) is 5.66. The number of nitrogens with one attached hydrogen (secondary N) is 2. The highest BCUT2D eigenvalue weighted by Crippen LogP contribution is 2.27. The van der Waals surface area contributed by atoms with Crippen LogP contribution in [0, 0.1) is 13.8 Å². The van der Waals surface area contributed by atoms with Gasteiger partial charge < -0.3 is 10.6 Å². The van der Waals surface area contributed by atoms with Crippen molar-refractivity contribution >= 4 is 46.7 Å². The number of carbonyl (C=O) groups is 2. The highest BCUT2D eigenvalue weighted by molar-refractivity contribution is 6.42. The highest BCUT2D eigenvalue weighted by Gasteiger charge is 2.21. The lowest BCUT2D eigenvalue weighted by molar-refractivity contribution is 0.0990. The van der Waals surface area contributed by atoms with Crippen molar-refractivity contribution in [2.75, 3.05) is 10.6 Å². The summed E-state index contributed by atoms with van der Waals surface area (Å²) in [6.45, 7) is 3.76. The van der Waals surface area contributed by atoms with E-state index in [1.165, 1.54) is 12.1 Å². The van der Waals surface area contributed by atoms with Crippen LogP contribution >= 0.6 is 23.2 Å². The average Bonchev–Trinajstić information content (AvgIpc) is 2.63. The summed E-state index contributed by atoms with van der Waals surface area (Å²) < 4.78 is 0. The Kier molecular flexibility index (Phi) is 5.92. The number of nitrogens with zero attached hydrogens (tertiary/aromatic N) is 2. The van der Waals surface area contributed by atoms with Crippen LogP contribution < -0.4 is 10.6 Å². The van der Waals surface area contributed by atoms with Crippen molar-refractivity contribution in [3.8, 4) is 0 Å². The normalized spacial score (nSPS) is 10.4. The molecule has 2 heterocycles. The molecule has 0 bridgehead atoms. The Labute approximate surface area is 171 Å². The molecule has 2 amide bonds. The van der Waals surface area contributed by atoms with Gasteiger partial charge in [0.15, 0.2) is 0 Å². The fourth-order valence-electron chi connectivity index (χ4n) is 2.50. The summed E-state index contributed by atoms with van der Waals surface area (Å²) in [6.07, 6.45) is 3.16. The first-order valence-corrected chi connectivity index (χ1v) is 9.06. The van der Waals surface area contributed by atoms with Crippen molar-refractivity contribution in [2.45, 2.75) is 13.8 Å². The lowest BCUT2D eigenvalue weighted by Crippen LogP contribution is -2.21. The number of hydrogen-bond donors (Lipinski definition) is 2. The van der Waals surface area contributed by atoms with Crippen molar-refractivity contribution in [1.29, 1.82) is 0 Å². The number of aromatic nitrogens is 2. The fourth-order valence-corrected chi connectivity index (χ4v) is 2.83. The van der Waals surface area contributed by atoms with Crippen LogP contribution in [0.25, 0.3) is 0 Å². The minimum atomic E-state index is -0.529. The number of amides is 2. The van der Waals surface area contributed by atoms with Crippen LogP contribution in [0.15, 0.2) is 48.8 Å². The summed E-state index contributed by atoms with van der Waals surface area (Å²) in [6, 6.07) is 9.75. The van der Waals surface area contributed by atoms with E-state index < -0.39 is 11.8 Å². The number of benzene rings is 1.